The highest BCUT2D eigenvalue weighted by Crippen LogP contribution is 2.29. The minimum absolute atomic E-state index is 0.345. The second-order valence-corrected chi connectivity index (χ2v) is 3.61. The van der Waals surface area contributed by atoms with Crippen LogP contribution in [0.5, 0.6) is 5.75 Å². The van der Waals surface area contributed by atoms with Crippen LogP contribution in [0, 0.1) is 0 Å². The molecule has 7 heteroatoms. The van der Waals surface area contributed by atoms with Gasteiger partial charge < -0.3 is 14.2 Å². The Balaban J connectivity index is 2.03. The maximum absolute atomic E-state index is 12.6. The lowest BCUT2D eigenvalue weighted by Crippen LogP contribution is -2.33. The van der Waals surface area contributed by atoms with Crippen molar-refractivity contribution in [1.82, 2.24) is 0 Å². The van der Waals surface area contributed by atoms with E-state index in [4.69, 9.17) is 9.47 Å². The van der Waals surface area contributed by atoms with Crippen LogP contribution >= 0.6 is 0 Å². The molecule has 0 unspecified atom stereocenters. The first-order chi connectivity index (χ1) is 8.49. The van der Waals surface area contributed by atoms with Crippen LogP contribution in [-0.2, 0) is 9.47 Å². The number of halogens is 4. The van der Waals surface area contributed by atoms with Crippen molar-refractivity contribution in [2.45, 2.75) is 18.8 Å². The van der Waals surface area contributed by atoms with Crippen molar-refractivity contribution in [3.05, 3.63) is 29.8 Å². The third kappa shape index (κ3) is 2.91. The van der Waals surface area contributed by atoms with Crippen LogP contribution in [-0.4, -0.2) is 25.7 Å². The number of ether oxygens (including phenoxy) is 3. The summed E-state index contributed by atoms with van der Waals surface area (Å²) in [6.07, 6.45) is -8.92. The first kappa shape index (κ1) is 13.1. The van der Waals surface area contributed by atoms with Crippen molar-refractivity contribution in [2.24, 2.45) is 0 Å². The van der Waals surface area contributed by atoms with Crippen LogP contribution in [0.15, 0.2) is 24.3 Å². The summed E-state index contributed by atoms with van der Waals surface area (Å²) in [6.45, 7) is 0.902. The number of hydrogen-bond donors (Lipinski definition) is 0. The summed E-state index contributed by atoms with van der Waals surface area (Å²) in [7, 11) is 0. The van der Waals surface area contributed by atoms with Crippen molar-refractivity contribution in [1.29, 1.82) is 0 Å². The fourth-order valence-corrected chi connectivity index (χ4v) is 1.45. The molecule has 0 saturated carbocycles. The minimum Gasteiger partial charge on any atom is -0.428 e. The van der Waals surface area contributed by atoms with E-state index in [1.54, 1.807) is 0 Å². The molecule has 0 bridgehead atoms. The van der Waals surface area contributed by atoms with Gasteiger partial charge in [-0.15, -0.1) is 0 Å². The standard InChI is InChI=1S/C11H10F4O3/c12-10(13)11(14,15)18-8-3-1-7(2-4-8)9-16-5-6-17-9/h1-4,9-10H,5-6H2. The maximum Gasteiger partial charge on any atom is 0.461 e. The van der Waals surface area contributed by atoms with Gasteiger partial charge in [-0.3, -0.25) is 0 Å². The summed E-state index contributed by atoms with van der Waals surface area (Å²) < 4.78 is 63.3. The predicted octanol–water partition coefficient (Wildman–Crippen LogP) is 2.97. The predicted molar refractivity (Wildman–Crippen MR) is 52.7 cm³/mol. The SMILES string of the molecule is FC(F)C(F)(F)Oc1ccc(C2OCCO2)cc1. The van der Waals surface area contributed by atoms with Crippen LogP contribution < -0.4 is 4.74 Å². The molecule has 0 aromatic heterocycles. The summed E-state index contributed by atoms with van der Waals surface area (Å²) in [6, 6.07) is 5.17. The fraction of sp³-hybridized carbons (Fsp3) is 0.455. The molecule has 0 amide bonds. The molecule has 0 N–H and O–H groups in total. The van der Waals surface area contributed by atoms with E-state index < -0.39 is 18.8 Å². The van der Waals surface area contributed by atoms with Crippen molar-refractivity contribution < 1.29 is 31.8 Å². The van der Waals surface area contributed by atoms with Crippen molar-refractivity contribution in [2.75, 3.05) is 13.2 Å². The summed E-state index contributed by atoms with van der Waals surface area (Å²) in [4.78, 5) is 0. The summed E-state index contributed by atoms with van der Waals surface area (Å²) in [5.74, 6) is -0.345. The van der Waals surface area contributed by atoms with E-state index in [0.717, 1.165) is 12.1 Å². The Morgan fingerprint density at radius 1 is 1.11 bits per heavy atom. The van der Waals surface area contributed by atoms with Crippen LogP contribution in [0.4, 0.5) is 17.6 Å². The summed E-state index contributed by atoms with van der Waals surface area (Å²) >= 11 is 0. The monoisotopic (exact) mass is 266 g/mol. The minimum atomic E-state index is -4.50. The molecule has 1 aliphatic rings. The fourth-order valence-electron chi connectivity index (χ4n) is 1.45. The van der Waals surface area contributed by atoms with Crippen LogP contribution in [0.3, 0.4) is 0 Å². The Morgan fingerprint density at radius 3 is 2.17 bits per heavy atom. The molecule has 0 aliphatic carbocycles. The number of benzene rings is 1. The first-order valence-corrected chi connectivity index (χ1v) is 5.17. The Morgan fingerprint density at radius 2 is 1.67 bits per heavy atom. The van der Waals surface area contributed by atoms with Crippen molar-refractivity contribution >= 4 is 0 Å². The maximum atomic E-state index is 12.6. The molecule has 1 aromatic carbocycles. The normalized spacial score (nSPS) is 17.4. The van der Waals surface area contributed by atoms with Gasteiger partial charge in [0.1, 0.15) is 5.75 Å². The number of rotatable bonds is 4. The molecule has 2 rings (SSSR count). The van der Waals surface area contributed by atoms with E-state index in [1.807, 2.05) is 0 Å². The third-order valence-electron chi connectivity index (χ3n) is 2.28. The van der Waals surface area contributed by atoms with Crippen molar-refractivity contribution in [3.63, 3.8) is 0 Å². The average Bonchev–Trinajstić information content (AvgIpc) is 2.83. The number of hydrogen-bond acceptors (Lipinski definition) is 3. The second kappa shape index (κ2) is 5.11. The molecular formula is C11H10F4O3. The highest BCUT2D eigenvalue weighted by atomic mass is 19.3. The lowest BCUT2D eigenvalue weighted by atomic mass is 10.2. The molecule has 18 heavy (non-hydrogen) atoms. The quantitative estimate of drug-likeness (QED) is 0.784. The Bertz CT molecular complexity index is 388. The average molecular weight is 266 g/mol. The largest absolute Gasteiger partial charge is 0.461 e. The van der Waals surface area contributed by atoms with Gasteiger partial charge in [-0.1, -0.05) is 12.1 Å². The van der Waals surface area contributed by atoms with Gasteiger partial charge in [0, 0.05) is 5.56 Å². The zero-order valence-electron chi connectivity index (χ0n) is 9.11. The van der Waals surface area contributed by atoms with Gasteiger partial charge in [0.2, 0.25) is 0 Å². The smallest absolute Gasteiger partial charge is 0.428 e. The summed E-state index contributed by atoms with van der Waals surface area (Å²) in [5.41, 5.74) is 0.611. The topological polar surface area (TPSA) is 27.7 Å². The van der Waals surface area contributed by atoms with E-state index in [1.165, 1.54) is 12.1 Å². The van der Waals surface area contributed by atoms with Crippen LogP contribution in [0.2, 0.25) is 0 Å². The van der Waals surface area contributed by atoms with Gasteiger partial charge in [0.15, 0.2) is 6.29 Å². The third-order valence-corrected chi connectivity index (χ3v) is 2.28. The van der Waals surface area contributed by atoms with E-state index in [-0.39, 0.29) is 5.75 Å². The van der Waals surface area contributed by atoms with Crippen LogP contribution in [0.25, 0.3) is 0 Å². The van der Waals surface area contributed by atoms with Crippen LogP contribution in [0.1, 0.15) is 11.9 Å². The zero-order chi connectivity index (χ0) is 13.2. The van der Waals surface area contributed by atoms with Gasteiger partial charge in [0.05, 0.1) is 13.2 Å². The highest BCUT2D eigenvalue weighted by molar-refractivity contribution is 5.28. The molecule has 1 saturated heterocycles. The van der Waals surface area contributed by atoms with Gasteiger partial charge in [-0.2, -0.15) is 17.6 Å². The lowest BCUT2D eigenvalue weighted by molar-refractivity contribution is -0.253. The Labute approximate surface area is 100 Å². The zero-order valence-corrected chi connectivity index (χ0v) is 9.11. The molecule has 0 radical (unpaired) electrons. The van der Waals surface area contributed by atoms with E-state index in [9.17, 15) is 17.6 Å². The number of alkyl halides is 4. The van der Waals surface area contributed by atoms with E-state index in [0.29, 0.717) is 18.8 Å². The van der Waals surface area contributed by atoms with Crippen molar-refractivity contribution in [3.8, 4) is 5.75 Å². The van der Waals surface area contributed by atoms with Gasteiger partial charge in [0.25, 0.3) is 0 Å². The Hall–Kier alpha value is -1.34. The second-order valence-electron chi connectivity index (χ2n) is 3.61. The molecule has 1 aromatic rings. The molecule has 3 nitrogen and oxygen atoms in total. The molecule has 1 aliphatic heterocycles. The molecule has 100 valence electrons. The van der Waals surface area contributed by atoms with E-state index >= 15 is 0 Å². The summed E-state index contributed by atoms with van der Waals surface area (Å²) in [5, 5.41) is 0. The highest BCUT2D eigenvalue weighted by Gasteiger charge is 2.43. The van der Waals surface area contributed by atoms with Gasteiger partial charge in [-0.25, -0.2) is 0 Å². The van der Waals surface area contributed by atoms with Gasteiger partial charge in [-0.05, 0) is 12.1 Å². The molecule has 1 fully saturated rings. The Kier molecular flexibility index (Phi) is 3.72. The molecule has 1 heterocycles. The first-order valence-electron chi connectivity index (χ1n) is 5.17. The molecule has 0 atom stereocenters. The lowest BCUT2D eigenvalue weighted by Gasteiger charge is -2.17. The molecular weight excluding hydrogens is 256 g/mol. The van der Waals surface area contributed by atoms with E-state index in [2.05, 4.69) is 4.74 Å². The van der Waals surface area contributed by atoms with Gasteiger partial charge >= 0.3 is 12.5 Å². The molecule has 0 spiro atoms.